The van der Waals surface area contributed by atoms with E-state index in [4.69, 9.17) is 0 Å². The Morgan fingerprint density at radius 1 is 1.20 bits per heavy atom. The predicted octanol–water partition coefficient (Wildman–Crippen LogP) is 2.82. The van der Waals surface area contributed by atoms with Crippen LogP contribution in [0.2, 0.25) is 0 Å². The average Bonchev–Trinajstić information content (AvgIpc) is 3.07. The number of anilines is 1. The summed E-state index contributed by atoms with van der Waals surface area (Å²) in [6.45, 7) is 4.88. The van der Waals surface area contributed by atoms with Gasteiger partial charge in [0.15, 0.2) is 0 Å². The SMILES string of the molecule is Cc1nn(-c2ccccc2)c(C)c1CNc1cn[nH]c1. The highest BCUT2D eigenvalue weighted by Gasteiger charge is 2.12. The van der Waals surface area contributed by atoms with Gasteiger partial charge in [0.1, 0.15) is 0 Å². The molecule has 0 atom stereocenters. The van der Waals surface area contributed by atoms with Crippen LogP contribution < -0.4 is 5.32 Å². The molecule has 0 spiro atoms. The van der Waals surface area contributed by atoms with Crippen molar-refractivity contribution in [2.45, 2.75) is 20.4 Å². The largest absolute Gasteiger partial charge is 0.378 e. The quantitative estimate of drug-likeness (QED) is 0.764. The van der Waals surface area contributed by atoms with Gasteiger partial charge in [0.2, 0.25) is 0 Å². The molecule has 2 aromatic heterocycles. The lowest BCUT2D eigenvalue weighted by Gasteiger charge is -2.06. The number of benzene rings is 1. The van der Waals surface area contributed by atoms with E-state index in [1.54, 1.807) is 6.20 Å². The third-order valence-corrected chi connectivity index (χ3v) is 3.41. The number of para-hydroxylation sites is 1. The molecule has 0 bridgehead atoms. The second-order valence-electron chi connectivity index (χ2n) is 4.74. The number of nitrogens with one attached hydrogen (secondary N) is 2. The highest BCUT2D eigenvalue weighted by Crippen LogP contribution is 2.18. The lowest BCUT2D eigenvalue weighted by atomic mass is 10.2. The van der Waals surface area contributed by atoms with Gasteiger partial charge in [-0.1, -0.05) is 18.2 Å². The van der Waals surface area contributed by atoms with Crippen molar-refractivity contribution in [2.75, 3.05) is 5.32 Å². The van der Waals surface area contributed by atoms with E-state index in [9.17, 15) is 0 Å². The van der Waals surface area contributed by atoms with E-state index in [1.807, 2.05) is 36.0 Å². The normalized spacial score (nSPS) is 10.7. The van der Waals surface area contributed by atoms with Gasteiger partial charge in [0, 0.05) is 24.0 Å². The Balaban J connectivity index is 1.87. The molecule has 0 aliphatic carbocycles. The van der Waals surface area contributed by atoms with Gasteiger partial charge in [-0.15, -0.1) is 0 Å². The number of H-pyrrole nitrogens is 1. The topological polar surface area (TPSA) is 58.5 Å². The maximum absolute atomic E-state index is 4.63. The number of hydrogen-bond acceptors (Lipinski definition) is 3. The van der Waals surface area contributed by atoms with Gasteiger partial charge in [-0.05, 0) is 26.0 Å². The van der Waals surface area contributed by atoms with Crippen LogP contribution in [0, 0.1) is 13.8 Å². The van der Waals surface area contributed by atoms with Crippen LogP contribution in [-0.2, 0) is 6.54 Å². The first kappa shape index (κ1) is 12.5. The predicted molar refractivity (Wildman–Crippen MR) is 79.0 cm³/mol. The van der Waals surface area contributed by atoms with Crippen LogP contribution in [0.25, 0.3) is 5.69 Å². The number of aromatic amines is 1. The van der Waals surface area contributed by atoms with Crippen LogP contribution in [0.3, 0.4) is 0 Å². The first-order chi connectivity index (χ1) is 9.75. The van der Waals surface area contributed by atoms with Gasteiger partial charge >= 0.3 is 0 Å². The lowest BCUT2D eigenvalue weighted by Crippen LogP contribution is -2.02. The minimum Gasteiger partial charge on any atom is -0.378 e. The summed E-state index contributed by atoms with van der Waals surface area (Å²) in [5.74, 6) is 0. The number of rotatable bonds is 4. The number of nitrogens with zero attached hydrogens (tertiary/aromatic N) is 3. The smallest absolute Gasteiger partial charge is 0.0726 e. The van der Waals surface area contributed by atoms with Gasteiger partial charge < -0.3 is 5.32 Å². The Morgan fingerprint density at radius 3 is 2.70 bits per heavy atom. The Labute approximate surface area is 117 Å². The molecule has 5 nitrogen and oxygen atoms in total. The molecule has 0 saturated heterocycles. The van der Waals surface area contributed by atoms with Gasteiger partial charge in [-0.3, -0.25) is 5.10 Å². The molecule has 0 aliphatic heterocycles. The van der Waals surface area contributed by atoms with E-state index in [1.165, 1.54) is 5.56 Å². The maximum atomic E-state index is 4.63. The Hall–Kier alpha value is -2.56. The molecular formula is C15H17N5. The molecular weight excluding hydrogens is 250 g/mol. The molecule has 0 unspecified atom stereocenters. The molecule has 0 aliphatic rings. The van der Waals surface area contributed by atoms with Crippen molar-refractivity contribution < 1.29 is 0 Å². The molecule has 1 aromatic carbocycles. The first-order valence-corrected chi connectivity index (χ1v) is 6.59. The van der Waals surface area contributed by atoms with Crippen LogP contribution >= 0.6 is 0 Å². The highest BCUT2D eigenvalue weighted by atomic mass is 15.3. The molecule has 0 saturated carbocycles. The van der Waals surface area contributed by atoms with E-state index in [-0.39, 0.29) is 0 Å². The molecule has 20 heavy (non-hydrogen) atoms. The Bertz CT molecular complexity index is 683. The zero-order valence-corrected chi connectivity index (χ0v) is 11.6. The monoisotopic (exact) mass is 267 g/mol. The van der Waals surface area contributed by atoms with Crippen molar-refractivity contribution >= 4 is 5.69 Å². The molecule has 0 fully saturated rings. The molecule has 2 N–H and O–H groups in total. The third-order valence-electron chi connectivity index (χ3n) is 3.41. The number of aryl methyl sites for hydroxylation is 1. The summed E-state index contributed by atoms with van der Waals surface area (Å²) in [5, 5.41) is 14.7. The van der Waals surface area contributed by atoms with E-state index in [0.717, 1.165) is 29.3 Å². The minimum absolute atomic E-state index is 0.740. The Morgan fingerprint density at radius 2 is 2.00 bits per heavy atom. The summed E-state index contributed by atoms with van der Waals surface area (Å²) in [6, 6.07) is 10.2. The molecule has 3 aromatic rings. The zero-order valence-electron chi connectivity index (χ0n) is 11.6. The van der Waals surface area contributed by atoms with Crippen LogP contribution in [0.15, 0.2) is 42.7 Å². The molecule has 102 valence electrons. The van der Waals surface area contributed by atoms with Crippen molar-refractivity contribution in [3.8, 4) is 5.69 Å². The third kappa shape index (κ3) is 2.30. The maximum Gasteiger partial charge on any atom is 0.0726 e. The van der Waals surface area contributed by atoms with E-state index in [0.29, 0.717) is 0 Å². The number of aromatic nitrogens is 4. The average molecular weight is 267 g/mol. The van der Waals surface area contributed by atoms with E-state index >= 15 is 0 Å². The first-order valence-electron chi connectivity index (χ1n) is 6.59. The number of hydrogen-bond donors (Lipinski definition) is 2. The highest BCUT2D eigenvalue weighted by molar-refractivity contribution is 5.42. The minimum atomic E-state index is 0.740. The van der Waals surface area contributed by atoms with Crippen molar-refractivity contribution in [3.05, 3.63) is 59.7 Å². The fourth-order valence-electron chi connectivity index (χ4n) is 2.29. The van der Waals surface area contributed by atoms with Crippen molar-refractivity contribution in [1.29, 1.82) is 0 Å². The standard InChI is InChI=1S/C15H17N5/c1-11-15(10-16-13-8-17-18-9-13)12(2)20(19-11)14-6-4-3-5-7-14/h3-9,16H,10H2,1-2H3,(H,17,18). The van der Waals surface area contributed by atoms with Crippen molar-refractivity contribution in [3.63, 3.8) is 0 Å². The van der Waals surface area contributed by atoms with Crippen molar-refractivity contribution in [1.82, 2.24) is 20.0 Å². The summed E-state index contributed by atoms with van der Waals surface area (Å²) in [4.78, 5) is 0. The molecule has 0 amide bonds. The zero-order chi connectivity index (χ0) is 13.9. The van der Waals surface area contributed by atoms with Gasteiger partial charge in [0.25, 0.3) is 0 Å². The van der Waals surface area contributed by atoms with Gasteiger partial charge in [-0.25, -0.2) is 4.68 Å². The van der Waals surface area contributed by atoms with Crippen LogP contribution in [0.1, 0.15) is 17.0 Å². The van der Waals surface area contributed by atoms with Crippen LogP contribution in [0.5, 0.6) is 0 Å². The summed E-state index contributed by atoms with van der Waals surface area (Å²) < 4.78 is 1.99. The summed E-state index contributed by atoms with van der Waals surface area (Å²) >= 11 is 0. The fraction of sp³-hybridized carbons (Fsp3) is 0.200. The van der Waals surface area contributed by atoms with E-state index in [2.05, 4.69) is 39.7 Å². The second-order valence-corrected chi connectivity index (χ2v) is 4.74. The van der Waals surface area contributed by atoms with Gasteiger partial charge in [0.05, 0.1) is 23.3 Å². The fourth-order valence-corrected chi connectivity index (χ4v) is 2.29. The molecule has 5 heteroatoms. The second kappa shape index (κ2) is 5.21. The Kier molecular flexibility index (Phi) is 3.25. The molecule has 0 radical (unpaired) electrons. The summed E-state index contributed by atoms with van der Waals surface area (Å²) in [7, 11) is 0. The molecule has 2 heterocycles. The van der Waals surface area contributed by atoms with Crippen molar-refractivity contribution in [2.24, 2.45) is 0 Å². The summed E-state index contributed by atoms with van der Waals surface area (Å²) in [5.41, 5.74) is 5.49. The van der Waals surface area contributed by atoms with E-state index < -0.39 is 0 Å². The summed E-state index contributed by atoms with van der Waals surface area (Å²) in [6.07, 6.45) is 3.61. The molecule has 3 rings (SSSR count). The lowest BCUT2D eigenvalue weighted by molar-refractivity contribution is 0.833. The van der Waals surface area contributed by atoms with Gasteiger partial charge in [-0.2, -0.15) is 10.2 Å². The van der Waals surface area contributed by atoms with Crippen LogP contribution in [0.4, 0.5) is 5.69 Å². The van der Waals surface area contributed by atoms with Crippen LogP contribution in [-0.4, -0.2) is 20.0 Å².